The summed E-state index contributed by atoms with van der Waals surface area (Å²) in [6.07, 6.45) is 7.13. The number of fused-ring (bicyclic) bond motifs is 3. The molecule has 2 nitrogen and oxygen atoms in total. The third-order valence-electron chi connectivity index (χ3n) is 3.28. The highest BCUT2D eigenvalue weighted by Crippen LogP contribution is 2.10. The van der Waals surface area contributed by atoms with Crippen LogP contribution >= 0.6 is 0 Å². The van der Waals surface area contributed by atoms with Gasteiger partial charge in [0.05, 0.1) is 13.2 Å². The van der Waals surface area contributed by atoms with Crippen LogP contribution in [0.25, 0.3) is 12.2 Å². The lowest BCUT2D eigenvalue weighted by atomic mass is 10.1. The van der Waals surface area contributed by atoms with Crippen LogP contribution in [-0.4, -0.2) is 11.2 Å². The molecule has 0 atom stereocenters. The van der Waals surface area contributed by atoms with E-state index in [-0.39, 0.29) is 0 Å². The van der Waals surface area contributed by atoms with Crippen molar-refractivity contribution in [2.75, 3.05) is 6.61 Å². The molecule has 0 N–H and O–H groups in total. The summed E-state index contributed by atoms with van der Waals surface area (Å²) in [6.45, 7) is 4.90. The fraction of sp³-hybridized carbons (Fsp3) is 0.500. The van der Waals surface area contributed by atoms with Gasteiger partial charge in [0, 0.05) is 17.6 Å². The Morgan fingerprint density at radius 1 is 1.29 bits per heavy atom. The molecular weight excluding hydrogens is 174 g/mol. The van der Waals surface area contributed by atoms with Crippen LogP contribution in [0.2, 0.25) is 0 Å². The number of hydrogen-bond donors (Lipinski definition) is 0. The molecule has 1 aromatic heterocycles. The maximum absolute atomic E-state index is 5.51. The van der Waals surface area contributed by atoms with E-state index in [0.29, 0.717) is 0 Å². The second-order valence-electron chi connectivity index (χ2n) is 4.06. The van der Waals surface area contributed by atoms with E-state index in [1.807, 2.05) is 0 Å². The number of rotatable bonds is 0. The summed E-state index contributed by atoms with van der Waals surface area (Å²) in [7, 11) is 0. The average Bonchev–Trinajstić information content (AvgIpc) is 2.55. The molecule has 0 radical (unpaired) electrons. The summed E-state index contributed by atoms with van der Waals surface area (Å²) in [5, 5.41) is 2.89. The smallest absolute Gasteiger partial charge is 0.0871 e. The Morgan fingerprint density at radius 3 is 3.07 bits per heavy atom. The van der Waals surface area contributed by atoms with Crippen LogP contribution in [0.5, 0.6) is 0 Å². The van der Waals surface area contributed by atoms with Crippen LogP contribution in [0.1, 0.15) is 24.1 Å². The molecule has 0 fully saturated rings. The lowest BCUT2D eigenvalue weighted by Crippen LogP contribution is -2.33. The van der Waals surface area contributed by atoms with Crippen LogP contribution < -0.4 is 10.6 Å². The van der Waals surface area contributed by atoms with Crippen molar-refractivity contribution in [2.45, 2.75) is 32.9 Å². The standard InChI is InChI=1S/C12H15NO/c1-9-10-4-2-3-5-11(10)13-6-7-14-8-12(9)13/h4-5H,2-3,6-8H2,1H3. The third kappa shape index (κ3) is 1.01. The molecule has 1 aliphatic heterocycles. The molecule has 0 spiro atoms. The van der Waals surface area contributed by atoms with E-state index in [4.69, 9.17) is 4.74 Å². The number of hydrogen-bond acceptors (Lipinski definition) is 1. The third-order valence-corrected chi connectivity index (χ3v) is 3.28. The lowest BCUT2D eigenvalue weighted by Gasteiger charge is -2.17. The van der Waals surface area contributed by atoms with Gasteiger partial charge in [0.25, 0.3) is 0 Å². The van der Waals surface area contributed by atoms with Gasteiger partial charge in [-0.15, -0.1) is 0 Å². The fourth-order valence-corrected chi connectivity index (χ4v) is 2.53. The van der Waals surface area contributed by atoms with Crippen LogP contribution in [0.15, 0.2) is 0 Å². The highest BCUT2D eigenvalue weighted by molar-refractivity contribution is 5.42. The molecule has 1 aliphatic carbocycles. The molecular formula is C12H15NO. The maximum atomic E-state index is 5.51. The molecule has 2 aliphatic rings. The second kappa shape index (κ2) is 2.99. The van der Waals surface area contributed by atoms with Gasteiger partial charge in [-0.25, -0.2) is 0 Å². The molecule has 0 unspecified atom stereocenters. The van der Waals surface area contributed by atoms with Crippen molar-refractivity contribution in [2.24, 2.45) is 0 Å². The van der Waals surface area contributed by atoms with Gasteiger partial charge in [-0.05, 0) is 30.5 Å². The van der Waals surface area contributed by atoms with Crippen LogP contribution in [0, 0.1) is 6.92 Å². The average molecular weight is 189 g/mol. The first kappa shape index (κ1) is 8.30. The normalized spacial score (nSPS) is 19.2. The minimum atomic E-state index is 0.792. The quantitative estimate of drug-likeness (QED) is 0.585. The van der Waals surface area contributed by atoms with E-state index in [2.05, 4.69) is 23.6 Å². The van der Waals surface area contributed by atoms with E-state index in [9.17, 15) is 0 Å². The van der Waals surface area contributed by atoms with Crippen LogP contribution in [-0.2, 0) is 17.9 Å². The molecule has 3 rings (SSSR count). The van der Waals surface area contributed by atoms with Gasteiger partial charge < -0.3 is 9.30 Å². The molecule has 1 aromatic rings. The number of nitrogens with zero attached hydrogens (tertiary/aromatic N) is 1. The van der Waals surface area contributed by atoms with Crippen LogP contribution in [0.3, 0.4) is 0 Å². The minimum Gasteiger partial charge on any atom is -0.373 e. The van der Waals surface area contributed by atoms with E-state index in [0.717, 1.165) is 19.8 Å². The molecule has 0 saturated carbocycles. The minimum absolute atomic E-state index is 0.792. The van der Waals surface area contributed by atoms with Crippen molar-refractivity contribution in [3.63, 3.8) is 0 Å². The molecule has 0 saturated heterocycles. The summed E-state index contributed by atoms with van der Waals surface area (Å²) in [5.41, 5.74) is 2.81. The van der Waals surface area contributed by atoms with Crippen LogP contribution in [0.4, 0.5) is 0 Å². The highest BCUT2D eigenvalue weighted by Gasteiger charge is 2.15. The number of aromatic nitrogens is 1. The zero-order valence-corrected chi connectivity index (χ0v) is 8.55. The van der Waals surface area contributed by atoms with E-state index in [1.54, 1.807) is 0 Å². The first-order chi connectivity index (χ1) is 6.88. The largest absolute Gasteiger partial charge is 0.373 e. The summed E-state index contributed by atoms with van der Waals surface area (Å²) < 4.78 is 7.94. The molecule has 74 valence electrons. The Bertz CT molecular complexity index is 481. The topological polar surface area (TPSA) is 14.2 Å². The second-order valence-corrected chi connectivity index (χ2v) is 4.06. The Balaban J connectivity index is 2.39. The predicted molar refractivity (Wildman–Crippen MR) is 56.2 cm³/mol. The maximum Gasteiger partial charge on any atom is 0.0871 e. The van der Waals surface area contributed by atoms with Gasteiger partial charge in [0.1, 0.15) is 0 Å². The van der Waals surface area contributed by atoms with Gasteiger partial charge in [-0.2, -0.15) is 0 Å². The van der Waals surface area contributed by atoms with Crippen molar-refractivity contribution < 1.29 is 4.74 Å². The Labute approximate surface area is 83.5 Å². The molecule has 14 heavy (non-hydrogen) atoms. The molecule has 0 aromatic carbocycles. The fourth-order valence-electron chi connectivity index (χ4n) is 2.53. The first-order valence-corrected chi connectivity index (χ1v) is 5.34. The monoisotopic (exact) mass is 189 g/mol. The van der Waals surface area contributed by atoms with Gasteiger partial charge in [-0.1, -0.05) is 12.2 Å². The van der Waals surface area contributed by atoms with E-state index in [1.165, 1.54) is 34.7 Å². The van der Waals surface area contributed by atoms with Crippen molar-refractivity contribution in [1.29, 1.82) is 0 Å². The van der Waals surface area contributed by atoms with Crippen molar-refractivity contribution in [3.8, 4) is 0 Å². The SMILES string of the molecule is Cc1c2n(c3c1=CCCC=3)CCOC2. The highest BCUT2D eigenvalue weighted by atomic mass is 16.5. The molecule has 2 heterocycles. The van der Waals surface area contributed by atoms with Crippen molar-refractivity contribution in [1.82, 2.24) is 4.57 Å². The summed E-state index contributed by atoms with van der Waals surface area (Å²) in [4.78, 5) is 0. The Kier molecular flexibility index (Phi) is 1.77. The molecule has 0 bridgehead atoms. The van der Waals surface area contributed by atoms with Crippen molar-refractivity contribution in [3.05, 3.63) is 21.8 Å². The van der Waals surface area contributed by atoms with E-state index >= 15 is 0 Å². The Morgan fingerprint density at radius 2 is 2.14 bits per heavy atom. The Hall–Kier alpha value is -1.02. The first-order valence-electron chi connectivity index (χ1n) is 5.34. The predicted octanol–water partition coefficient (Wildman–Crippen LogP) is 0.682. The number of ether oxygens (including phenoxy) is 1. The van der Waals surface area contributed by atoms with Gasteiger partial charge in [-0.3, -0.25) is 0 Å². The zero-order chi connectivity index (χ0) is 9.54. The van der Waals surface area contributed by atoms with Crippen molar-refractivity contribution >= 4 is 12.2 Å². The van der Waals surface area contributed by atoms with Gasteiger partial charge in [0.2, 0.25) is 0 Å². The van der Waals surface area contributed by atoms with Gasteiger partial charge >= 0.3 is 0 Å². The molecule has 2 heteroatoms. The summed E-state index contributed by atoms with van der Waals surface area (Å²) >= 11 is 0. The molecule has 0 amide bonds. The lowest BCUT2D eigenvalue weighted by molar-refractivity contribution is 0.0835. The van der Waals surface area contributed by atoms with Gasteiger partial charge in [0.15, 0.2) is 0 Å². The summed E-state index contributed by atoms with van der Waals surface area (Å²) in [5.74, 6) is 0. The van der Waals surface area contributed by atoms with E-state index < -0.39 is 0 Å². The zero-order valence-electron chi connectivity index (χ0n) is 8.55. The summed E-state index contributed by atoms with van der Waals surface area (Å²) in [6, 6.07) is 0.